The lowest BCUT2D eigenvalue weighted by atomic mass is 10.1. The van der Waals surface area contributed by atoms with Crippen LogP contribution in [-0.4, -0.2) is 32.4 Å². The smallest absolute Gasteiger partial charge is 0.103 e. The van der Waals surface area contributed by atoms with Crippen molar-refractivity contribution >= 4 is 24.8 Å². The highest BCUT2D eigenvalue weighted by atomic mass is 35.5. The van der Waals surface area contributed by atoms with Crippen LogP contribution in [0.1, 0.15) is 25.7 Å². The van der Waals surface area contributed by atoms with E-state index in [1.807, 2.05) is 0 Å². The maximum Gasteiger partial charge on any atom is 0.103 e. The molecule has 0 aromatic heterocycles. The maximum atomic E-state index is 12.1. The van der Waals surface area contributed by atoms with Gasteiger partial charge in [-0.15, -0.1) is 24.8 Å². The van der Waals surface area contributed by atoms with Gasteiger partial charge in [-0.05, 0) is 51.9 Å². The zero-order valence-electron chi connectivity index (χ0n) is 8.43. The average Bonchev–Trinajstić information content (AvgIpc) is 2.62. The lowest BCUT2D eigenvalue weighted by Crippen LogP contribution is -2.28. The SMILES string of the molecule is C1CCNC1.Cl.Cl.FC1CCNCC1. The highest BCUT2D eigenvalue weighted by molar-refractivity contribution is 5.85. The molecule has 0 bridgehead atoms. The molecule has 2 nitrogen and oxygen atoms in total. The second-order valence-electron chi connectivity index (χ2n) is 3.38. The third-order valence-corrected chi connectivity index (χ3v) is 2.23. The fourth-order valence-electron chi connectivity index (χ4n) is 1.41. The van der Waals surface area contributed by atoms with E-state index in [0.29, 0.717) is 12.8 Å². The van der Waals surface area contributed by atoms with E-state index in [-0.39, 0.29) is 24.8 Å². The highest BCUT2D eigenvalue weighted by Gasteiger charge is 2.09. The first-order valence-electron chi connectivity index (χ1n) is 4.95. The van der Waals surface area contributed by atoms with Crippen LogP contribution < -0.4 is 10.6 Å². The van der Waals surface area contributed by atoms with Gasteiger partial charge in [-0.2, -0.15) is 0 Å². The summed E-state index contributed by atoms with van der Waals surface area (Å²) in [6.07, 6.45) is 3.67. The average molecular weight is 247 g/mol. The zero-order chi connectivity index (χ0) is 8.65. The predicted molar refractivity (Wildman–Crippen MR) is 63.6 cm³/mol. The summed E-state index contributed by atoms with van der Waals surface area (Å²) in [7, 11) is 0. The van der Waals surface area contributed by atoms with Crippen LogP contribution in [0.25, 0.3) is 0 Å². The lowest BCUT2D eigenvalue weighted by molar-refractivity contribution is 0.262. The van der Waals surface area contributed by atoms with Crippen LogP contribution in [0, 0.1) is 0 Å². The van der Waals surface area contributed by atoms with Crippen LogP contribution in [0.5, 0.6) is 0 Å². The summed E-state index contributed by atoms with van der Waals surface area (Å²) >= 11 is 0. The van der Waals surface area contributed by atoms with Crippen LogP contribution in [-0.2, 0) is 0 Å². The van der Waals surface area contributed by atoms with Crippen molar-refractivity contribution in [3.63, 3.8) is 0 Å². The molecule has 0 unspecified atom stereocenters. The van der Waals surface area contributed by atoms with E-state index in [1.165, 1.54) is 25.9 Å². The molecule has 14 heavy (non-hydrogen) atoms. The molecule has 0 aliphatic carbocycles. The van der Waals surface area contributed by atoms with Gasteiger partial charge in [0.2, 0.25) is 0 Å². The van der Waals surface area contributed by atoms with E-state index in [1.54, 1.807) is 0 Å². The summed E-state index contributed by atoms with van der Waals surface area (Å²) in [5.41, 5.74) is 0. The molecule has 2 fully saturated rings. The number of nitrogens with one attached hydrogen (secondary N) is 2. The standard InChI is InChI=1S/C5H10FN.C4H9N.2ClH/c6-5-1-3-7-4-2-5;1-2-4-5-3-1;;/h5,7H,1-4H2;5H,1-4H2;2*1H. The maximum absolute atomic E-state index is 12.1. The Morgan fingerprint density at radius 3 is 1.43 bits per heavy atom. The number of piperidine rings is 1. The van der Waals surface area contributed by atoms with Crippen LogP contribution in [0.3, 0.4) is 0 Å². The van der Waals surface area contributed by atoms with Crippen molar-refractivity contribution in [2.75, 3.05) is 26.2 Å². The van der Waals surface area contributed by atoms with Gasteiger partial charge in [0.1, 0.15) is 6.17 Å². The molecule has 2 N–H and O–H groups in total. The molecule has 0 amide bonds. The summed E-state index contributed by atoms with van der Waals surface area (Å²) in [6, 6.07) is 0. The fourth-order valence-corrected chi connectivity index (χ4v) is 1.41. The van der Waals surface area contributed by atoms with Gasteiger partial charge in [-0.3, -0.25) is 0 Å². The highest BCUT2D eigenvalue weighted by Crippen LogP contribution is 2.04. The van der Waals surface area contributed by atoms with Gasteiger partial charge in [0.25, 0.3) is 0 Å². The third kappa shape index (κ3) is 9.00. The third-order valence-electron chi connectivity index (χ3n) is 2.23. The minimum atomic E-state index is -0.527. The summed E-state index contributed by atoms with van der Waals surface area (Å²) in [4.78, 5) is 0. The van der Waals surface area contributed by atoms with Crippen molar-refractivity contribution < 1.29 is 4.39 Å². The van der Waals surface area contributed by atoms with Crippen molar-refractivity contribution in [2.24, 2.45) is 0 Å². The van der Waals surface area contributed by atoms with E-state index in [9.17, 15) is 4.39 Å². The van der Waals surface area contributed by atoms with Crippen LogP contribution in [0.4, 0.5) is 4.39 Å². The molecular formula is C9H21Cl2FN2. The Kier molecular flexibility index (Phi) is 13.8. The molecule has 2 aliphatic rings. The molecule has 0 aromatic rings. The molecule has 2 heterocycles. The van der Waals surface area contributed by atoms with Crippen LogP contribution >= 0.6 is 24.8 Å². The van der Waals surface area contributed by atoms with Gasteiger partial charge in [0.05, 0.1) is 0 Å². The number of alkyl halides is 1. The minimum Gasteiger partial charge on any atom is -0.317 e. The molecule has 0 spiro atoms. The largest absolute Gasteiger partial charge is 0.317 e. The molecule has 88 valence electrons. The van der Waals surface area contributed by atoms with Gasteiger partial charge >= 0.3 is 0 Å². The van der Waals surface area contributed by atoms with Gasteiger partial charge in [0, 0.05) is 0 Å². The molecule has 2 saturated heterocycles. The van der Waals surface area contributed by atoms with Crippen molar-refractivity contribution in [3.8, 4) is 0 Å². The summed E-state index contributed by atoms with van der Waals surface area (Å²) in [5.74, 6) is 0. The molecule has 2 aliphatic heterocycles. The fraction of sp³-hybridized carbons (Fsp3) is 1.00. The van der Waals surface area contributed by atoms with E-state index >= 15 is 0 Å². The van der Waals surface area contributed by atoms with Crippen molar-refractivity contribution in [2.45, 2.75) is 31.9 Å². The Bertz CT molecular complexity index is 99.4. The molecule has 2 rings (SSSR count). The minimum absolute atomic E-state index is 0. The van der Waals surface area contributed by atoms with Crippen molar-refractivity contribution in [3.05, 3.63) is 0 Å². The molecule has 0 saturated carbocycles. The Morgan fingerprint density at radius 1 is 0.786 bits per heavy atom. The monoisotopic (exact) mass is 246 g/mol. The molecule has 0 atom stereocenters. The Balaban J connectivity index is 0. The van der Waals surface area contributed by atoms with Gasteiger partial charge in [-0.25, -0.2) is 4.39 Å². The second kappa shape index (κ2) is 11.5. The van der Waals surface area contributed by atoms with E-state index in [4.69, 9.17) is 0 Å². The quantitative estimate of drug-likeness (QED) is 0.683. The number of hydrogen-bond donors (Lipinski definition) is 2. The molecular weight excluding hydrogens is 226 g/mol. The summed E-state index contributed by atoms with van der Waals surface area (Å²) in [6.45, 7) is 4.22. The van der Waals surface area contributed by atoms with Crippen LogP contribution in [0.2, 0.25) is 0 Å². The Labute approximate surface area is 98.2 Å². The van der Waals surface area contributed by atoms with Crippen molar-refractivity contribution in [1.29, 1.82) is 0 Å². The van der Waals surface area contributed by atoms with Gasteiger partial charge in [-0.1, -0.05) is 0 Å². The zero-order valence-corrected chi connectivity index (χ0v) is 10.1. The lowest BCUT2D eigenvalue weighted by Gasteiger charge is -2.14. The first-order valence-corrected chi connectivity index (χ1v) is 4.95. The van der Waals surface area contributed by atoms with E-state index in [0.717, 1.165) is 13.1 Å². The summed E-state index contributed by atoms with van der Waals surface area (Å²) in [5, 5.41) is 6.30. The topological polar surface area (TPSA) is 24.1 Å². The second-order valence-corrected chi connectivity index (χ2v) is 3.38. The Morgan fingerprint density at radius 2 is 1.21 bits per heavy atom. The number of rotatable bonds is 0. The van der Waals surface area contributed by atoms with E-state index in [2.05, 4.69) is 10.6 Å². The predicted octanol–water partition coefficient (Wildman–Crippen LogP) is 1.92. The first kappa shape index (κ1) is 16.8. The summed E-state index contributed by atoms with van der Waals surface area (Å²) < 4.78 is 12.1. The number of hydrogen-bond acceptors (Lipinski definition) is 2. The molecule has 5 heteroatoms. The molecule has 0 radical (unpaired) electrons. The van der Waals surface area contributed by atoms with Gasteiger partial charge in [0.15, 0.2) is 0 Å². The van der Waals surface area contributed by atoms with E-state index < -0.39 is 6.17 Å². The first-order chi connectivity index (χ1) is 5.89. The molecule has 0 aromatic carbocycles. The van der Waals surface area contributed by atoms with Crippen molar-refractivity contribution in [1.82, 2.24) is 10.6 Å². The van der Waals surface area contributed by atoms with Gasteiger partial charge < -0.3 is 10.6 Å². The van der Waals surface area contributed by atoms with Crippen LogP contribution in [0.15, 0.2) is 0 Å². The number of halogens is 3. The normalized spacial score (nSPS) is 21.2. The Hall–Kier alpha value is 0.430.